The second kappa shape index (κ2) is 6.56. The number of carboxylic acid groups (broad SMARTS) is 1. The van der Waals surface area contributed by atoms with Gasteiger partial charge < -0.3 is 15.2 Å². The van der Waals surface area contributed by atoms with Gasteiger partial charge in [-0.25, -0.2) is 4.79 Å². The predicted molar refractivity (Wildman–Crippen MR) is 78.7 cm³/mol. The van der Waals surface area contributed by atoms with Crippen molar-refractivity contribution in [2.75, 3.05) is 11.9 Å². The van der Waals surface area contributed by atoms with Crippen LogP contribution in [0.4, 0.5) is 5.69 Å². The Morgan fingerprint density at radius 1 is 1.10 bits per heavy atom. The zero-order valence-corrected chi connectivity index (χ0v) is 11.5. The largest absolute Gasteiger partial charge is 0.483 e. The summed E-state index contributed by atoms with van der Waals surface area (Å²) in [7, 11) is 0. The molecule has 5 nitrogen and oxygen atoms in total. The summed E-state index contributed by atoms with van der Waals surface area (Å²) >= 11 is 0. The third kappa shape index (κ3) is 4.07. The standard InChI is InChI=1S/C16H15NO4/c1-11-6-8-12(9-7-11)17-15(18)10-21-14-5-3-2-4-13(14)16(19)20/h2-9H,10H2,1H3,(H,17,18)(H,19,20). The van der Waals surface area contributed by atoms with Gasteiger partial charge in [0.15, 0.2) is 6.61 Å². The average Bonchev–Trinajstić information content (AvgIpc) is 2.48. The molecule has 0 fully saturated rings. The molecular weight excluding hydrogens is 270 g/mol. The van der Waals surface area contributed by atoms with Crippen LogP contribution in [0.2, 0.25) is 0 Å². The Balaban J connectivity index is 1.95. The van der Waals surface area contributed by atoms with E-state index in [1.165, 1.54) is 12.1 Å². The second-order valence-electron chi connectivity index (χ2n) is 4.50. The number of carboxylic acids is 1. The van der Waals surface area contributed by atoms with Crippen LogP contribution in [-0.4, -0.2) is 23.6 Å². The highest BCUT2D eigenvalue weighted by Gasteiger charge is 2.11. The lowest BCUT2D eigenvalue weighted by atomic mass is 10.2. The number of para-hydroxylation sites is 1. The molecule has 2 N–H and O–H groups in total. The molecule has 0 aliphatic heterocycles. The molecule has 2 aromatic rings. The molecule has 0 aliphatic carbocycles. The van der Waals surface area contributed by atoms with Crippen LogP contribution in [0.5, 0.6) is 5.75 Å². The summed E-state index contributed by atoms with van der Waals surface area (Å²) < 4.78 is 5.26. The average molecular weight is 285 g/mol. The maximum Gasteiger partial charge on any atom is 0.339 e. The summed E-state index contributed by atoms with van der Waals surface area (Å²) in [5.74, 6) is -1.27. The molecule has 0 spiro atoms. The van der Waals surface area contributed by atoms with E-state index >= 15 is 0 Å². The van der Waals surface area contributed by atoms with Crippen LogP contribution < -0.4 is 10.1 Å². The number of hydrogen-bond donors (Lipinski definition) is 2. The van der Waals surface area contributed by atoms with E-state index in [-0.39, 0.29) is 23.8 Å². The van der Waals surface area contributed by atoms with Crippen molar-refractivity contribution < 1.29 is 19.4 Å². The maximum absolute atomic E-state index is 11.8. The molecule has 0 bridgehead atoms. The lowest BCUT2D eigenvalue weighted by molar-refractivity contribution is -0.118. The number of nitrogens with one attached hydrogen (secondary N) is 1. The van der Waals surface area contributed by atoms with E-state index in [1.54, 1.807) is 24.3 Å². The third-order valence-corrected chi connectivity index (χ3v) is 2.81. The maximum atomic E-state index is 11.8. The van der Waals surface area contributed by atoms with Crippen molar-refractivity contribution in [3.63, 3.8) is 0 Å². The Kier molecular flexibility index (Phi) is 4.56. The molecule has 0 aliphatic rings. The molecule has 108 valence electrons. The number of benzene rings is 2. The molecule has 2 rings (SSSR count). The number of ether oxygens (including phenoxy) is 1. The number of aryl methyl sites for hydroxylation is 1. The fraction of sp³-hybridized carbons (Fsp3) is 0.125. The molecular formula is C16H15NO4. The minimum absolute atomic E-state index is 0.0284. The molecule has 21 heavy (non-hydrogen) atoms. The van der Waals surface area contributed by atoms with Gasteiger partial charge in [0, 0.05) is 5.69 Å². The zero-order valence-electron chi connectivity index (χ0n) is 11.5. The quantitative estimate of drug-likeness (QED) is 0.885. The Bertz CT molecular complexity index is 650. The van der Waals surface area contributed by atoms with Gasteiger partial charge >= 0.3 is 5.97 Å². The topological polar surface area (TPSA) is 75.6 Å². The van der Waals surface area contributed by atoms with Crippen molar-refractivity contribution >= 4 is 17.6 Å². The minimum atomic E-state index is -1.09. The number of amides is 1. The van der Waals surface area contributed by atoms with Crippen molar-refractivity contribution in [1.82, 2.24) is 0 Å². The van der Waals surface area contributed by atoms with Gasteiger partial charge in [0.1, 0.15) is 11.3 Å². The van der Waals surface area contributed by atoms with Crippen LogP contribution >= 0.6 is 0 Å². The van der Waals surface area contributed by atoms with Crippen LogP contribution in [0.15, 0.2) is 48.5 Å². The van der Waals surface area contributed by atoms with E-state index in [4.69, 9.17) is 9.84 Å². The second-order valence-corrected chi connectivity index (χ2v) is 4.50. The first kappa shape index (κ1) is 14.6. The molecule has 0 unspecified atom stereocenters. The lowest BCUT2D eigenvalue weighted by Crippen LogP contribution is -2.20. The summed E-state index contributed by atoms with van der Waals surface area (Å²) in [6, 6.07) is 13.5. The van der Waals surface area contributed by atoms with E-state index in [2.05, 4.69) is 5.32 Å². The molecule has 0 saturated carbocycles. The number of carbonyl (C=O) groups excluding carboxylic acids is 1. The molecule has 5 heteroatoms. The Morgan fingerprint density at radius 3 is 2.43 bits per heavy atom. The molecule has 1 amide bonds. The van der Waals surface area contributed by atoms with Crippen molar-refractivity contribution in [1.29, 1.82) is 0 Å². The Hall–Kier alpha value is -2.82. The first-order chi connectivity index (χ1) is 10.1. The van der Waals surface area contributed by atoms with E-state index in [0.717, 1.165) is 5.56 Å². The number of rotatable bonds is 5. The number of carbonyl (C=O) groups is 2. The number of hydrogen-bond acceptors (Lipinski definition) is 3. The van der Waals surface area contributed by atoms with Gasteiger partial charge in [-0.15, -0.1) is 0 Å². The van der Waals surface area contributed by atoms with Crippen molar-refractivity contribution in [3.05, 3.63) is 59.7 Å². The van der Waals surface area contributed by atoms with Gasteiger partial charge in [-0.1, -0.05) is 29.8 Å². The number of anilines is 1. The normalized spacial score (nSPS) is 9.95. The van der Waals surface area contributed by atoms with Gasteiger partial charge in [-0.3, -0.25) is 4.79 Å². The zero-order chi connectivity index (χ0) is 15.2. The monoisotopic (exact) mass is 285 g/mol. The van der Waals surface area contributed by atoms with E-state index in [1.807, 2.05) is 19.1 Å². The lowest BCUT2D eigenvalue weighted by Gasteiger charge is -2.09. The van der Waals surface area contributed by atoms with E-state index in [0.29, 0.717) is 5.69 Å². The van der Waals surface area contributed by atoms with E-state index in [9.17, 15) is 9.59 Å². The number of aromatic carboxylic acids is 1. The van der Waals surface area contributed by atoms with Crippen LogP contribution in [0.25, 0.3) is 0 Å². The molecule has 0 radical (unpaired) electrons. The first-order valence-electron chi connectivity index (χ1n) is 6.38. The van der Waals surface area contributed by atoms with Gasteiger partial charge in [0.2, 0.25) is 0 Å². The highest BCUT2D eigenvalue weighted by molar-refractivity contribution is 5.93. The summed E-state index contributed by atoms with van der Waals surface area (Å²) in [5, 5.41) is 11.7. The molecule has 2 aromatic carbocycles. The van der Waals surface area contributed by atoms with Crippen LogP contribution in [-0.2, 0) is 4.79 Å². The summed E-state index contributed by atoms with van der Waals surface area (Å²) in [5.41, 5.74) is 1.79. The fourth-order valence-corrected chi connectivity index (χ4v) is 1.75. The van der Waals surface area contributed by atoms with Crippen LogP contribution in [0.3, 0.4) is 0 Å². The van der Waals surface area contributed by atoms with Gasteiger partial charge in [0.25, 0.3) is 5.91 Å². The molecule has 0 aromatic heterocycles. The smallest absolute Gasteiger partial charge is 0.339 e. The SMILES string of the molecule is Cc1ccc(NC(=O)COc2ccccc2C(=O)O)cc1. The molecule has 0 saturated heterocycles. The van der Waals surface area contributed by atoms with Crippen molar-refractivity contribution in [2.45, 2.75) is 6.92 Å². The predicted octanol–water partition coefficient (Wildman–Crippen LogP) is 2.71. The summed E-state index contributed by atoms with van der Waals surface area (Å²) in [6.45, 7) is 1.70. The minimum Gasteiger partial charge on any atom is -0.483 e. The molecule has 0 heterocycles. The van der Waals surface area contributed by atoms with Crippen LogP contribution in [0.1, 0.15) is 15.9 Å². The highest BCUT2D eigenvalue weighted by atomic mass is 16.5. The highest BCUT2D eigenvalue weighted by Crippen LogP contribution is 2.17. The summed E-state index contributed by atoms with van der Waals surface area (Å²) in [4.78, 5) is 22.8. The van der Waals surface area contributed by atoms with Crippen LogP contribution in [0, 0.1) is 6.92 Å². The van der Waals surface area contributed by atoms with Gasteiger partial charge in [-0.2, -0.15) is 0 Å². The van der Waals surface area contributed by atoms with Crippen molar-refractivity contribution in [2.24, 2.45) is 0 Å². The van der Waals surface area contributed by atoms with Gasteiger partial charge in [-0.05, 0) is 31.2 Å². The van der Waals surface area contributed by atoms with Crippen molar-refractivity contribution in [3.8, 4) is 5.75 Å². The Morgan fingerprint density at radius 2 is 1.76 bits per heavy atom. The first-order valence-corrected chi connectivity index (χ1v) is 6.38. The third-order valence-electron chi connectivity index (χ3n) is 2.81. The fourth-order valence-electron chi connectivity index (χ4n) is 1.75. The van der Waals surface area contributed by atoms with Gasteiger partial charge in [0.05, 0.1) is 0 Å². The summed E-state index contributed by atoms with van der Waals surface area (Å²) in [6.07, 6.45) is 0. The Labute approximate surface area is 122 Å². The van der Waals surface area contributed by atoms with E-state index < -0.39 is 5.97 Å². The molecule has 0 atom stereocenters.